The van der Waals surface area contributed by atoms with Crippen molar-refractivity contribution in [3.63, 3.8) is 0 Å². The number of halogens is 2. The third-order valence-electron chi connectivity index (χ3n) is 4.04. The molecule has 0 spiro atoms. The van der Waals surface area contributed by atoms with Crippen LogP contribution in [0.4, 0.5) is 9.18 Å². The van der Waals surface area contributed by atoms with Crippen molar-refractivity contribution in [2.45, 2.75) is 38.8 Å². The van der Waals surface area contributed by atoms with Crippen molar-refractivity contribution in [2.75, 3.05) is 6.61 Å². The molecule has 0 unspecified atom stereocenters. The normalized spacial score (nSPS) is 13.3. The monoisotopic (exact) mass is 525 g/mol. The van der Waals surface area contributed by atoms with Crippen LogP contribution >= 0.6 is 27.3 Å². The molecule has 0 saturated heterocycles. The number of carbonyl (C=O) groups is 1. The molecule has 0 aliphatic heterocycles. The lowest BCUT2D eigenvalue weighted by molar-refractivity contribution is 0.0420. The van der Waals surface area contributed by atoms with E-state index < -0.39 is 28.6 Å². The van der Waals surface area contributed by atoms with E-state index in [-0.39, 0.29) is 22.5 Å². The van der Waals surface area contributed by atoms with Crippen LogP contribution in [-0.4, -0.2) is 38.5 Å². The second-order valence-corrected chi connectivity index (χ2v) is 9.76. The zero-order valence-electron chi connectivity index (χ0n) is 17.7. The first-order chi connectivity index (χ1) is 15.0. The summed E-state index contributed by atoms with van der Waals surface area (Å²) in [4.78, 5) is 30.7. The number of hydrogen-bond acceptors (Lipinski definition) is 8. The summed E-state index contributed by atoms with van der Waals surface area (Å²) in [5.41, 5.74) is -2.10. The van der Waals surface area contributed by atoms with Gasteiger partial charge in [0.25, 0.3) is 5.56 Å². The minimum Gasteiger partial charge on any atom is -0.474 e. The van der Waals surface area contributed by atoms with Gasteiger partial charge in [0.1, 0.15) is 33.0 Å². The van der Waals surface area contributed by atoms with Crippen molar-refractivity contribution in [1.29, 1.82) is 0 Å². The molecule has 0 bridgehead atoms. The van der Waals surface area contributed by atoms with Crippen LogP contribution in [0, 0.1) is 5.82 Å². The predicted molar refractivity (Wildman–Crippen MR) is 120 cm³/mol. The van der Waals surface area contributed by atoms with Crippen molar-refractivity contribution >= 4 is 33.4 Å². The Morgan fingerprint density at radius 1 is 1.25 bits per heavy atom. The number of amides is 1. The number of rotatable bonds is 6. The highest BCUT2D eigenvalue weighted by Crippen LogP contribution is 2.32. The maximum atomic E-state index is 14.2. The quantitative estimate of drug-likeness (QED) is 0.498. The summed E-state index contributed by atoms with van der Waals surface area (Å²) in [5.74, 6) is -0.408. The van der Waals surface area contributed by atoms with E-state index >= 15 is 0 Å². The van der Waals surface area contributed by atoms with Crippen molar-refractivity contribution in [3.05, 3.63) is 56.2 Å². The number of benzene rings is 1. The zero-order chi connectivity index (χ0) is 23.5. The Balaban J connectivity index is 1.93. The number of aromatic nitrogens is 4. The van der Waals surface area contributed by atoms with Crippen LogP contribution in [0.3, 0.4) is 0 Å². The Kier molecular flexibility index (Phi) is 6.94. The third kappa shape index (κ3) is 5.68. The molecule has 9 nitrogen and oxygen atoms in total. The van der Waals surface area contributed by atoms with Crippen molar-refractivity contribution in [1.82, 2.24) is 25.5 Å². The lowest BCUT2D eigenvalue weighted by Gasteiger charge is -2.29. The second-order valence-electron chi connectivity index (χ2n) is 7.99. The maximum Gasteiger partial charge on any atom is 0.408 e. The van der Waals surface area contributed by atoms with Gasteiger partial charge in [0.2, 0.25) is 5.88 Å². The topological polar surface area (TPSA) is 119 Å². The van der Waals surface area contributed by atoms with Gasteiger partial charge >= 0.3 is 6.09 Å². The van der Waals surface area contributed by atoms with Gasteiger partial charge in [-0.1, -0.05) is 23.5 Å². The number of nitrogens with one attached hydrogen (secondary N) is 2. The zero-order valence-corrected chi connectivity index (χ0v) is 20.1. The Morgan fingerprint density at radius 3 is 2.66 bits per heavy atom. The van der Waals surface area contributed by atoms with E-state index in [1.165, 1.54) is 12.4 Å². The van der Waals surface area contributed by atoms with E-state index in [1.54, 1.807) is 45.9 Å². The SMILES string of the molecule is CC(C)(C)OC(=O)N[C@@](C)(COc1nc[nH]c(=O)c1Br)c1nnc(-c2ccccc2F)s1. The molecule has 1 amide bonds. The van der Waals surface area contributed by atoms with E-state index in [2.05, 4.69) is 41.4 Å². The molecule has 3 aromatic rings. The van der Waals surface area contributed by atoms with Crippen LogP contribution in [0.2, 0.25) is 0 Å². The number of nitrogens with zero attached hydrogens (tertiary/aromatic N) is 3. The fourth-order valence-corrected chi connectivity index (χ4v) is 3.84. The van der Waals surface area contributed by atoms with E-state index in [0.29, 0.717) is 10.0 Å². The fraction of sp³-hybridized carbons (Fsp3) is 0.350. The summed E-state index contributed by atoms with van der Waals surface area (Å²) in [5, 5.41) is 11.7. The van der Waals surface area contributed by atoms with E-state index in [0.717, 1.165) is 11.3 Å². The molecule has 0 fully saturated rings. The number of aromatic amines is 1. The highest BCUT2D eigenvalue weighted by Gasteiger charge is 2.36. The van der Waals surface area contributed by atoms with Gasteiger partial charge < -0.3 is 19.8 Å². The van der Waals surface area contributed by atoms with Crippen LogP contribution < -0.4 is 15.6 Å². The number of carbonyl (C=O) groups excluding carboxylic acids is 1. The summed E-state index contributed by atoms with van der Waals surface area (Å²) >= 11 is 4.22. The number of H-pyrrole nitrogens is 1. The summed E-state index contributed by atoms with van der Waals surface area (Å²) in [6.45, 7) is 6.70. The van der Waals surface area contributed by atoms with Crippen LogP contribution in [0.5, 0.6) is 5.88 Å². The van der Waals surface area contributed by atoms with Gasteiger partial charge in [0.15, 0.2) is 5.01 Å². The van der Waals surface area contributed by atoms with Crippen LogP contribution in [0.1, 0.15) is 32.7 Å². The molecule has 32 heavy (non-hydrogen) atoms. The van der Waals surface area contributed by atoms with Gasteiger partial charge in [-0.05, 0) is 55.8 Å². The summed E-state index contributed by atoms with van der Waals surface area (Å²) in [6.07, 6.45) is 0.492. The molecule has 0 aliphatic carbocycles. The summed E-state index contributed by atoms with van der Waals surface area (Å²) in [6, 6.07) is 6.19. The molecule has 12 heteroatoms. The molecule has 170 valence electrons. The van der Waals surface area contributed by atoms with E-state index in [4.69, 9.17) is 9.47 Å². The Labute approximate surface area is 195 Å². The molecule has 3 rings (SSSR count). The molecular formula is C20H21BrFN5O4S. The van der Waals surface area contributed by atoms with Gasteiger partial charge in [-0.25, -0.2) is 14.2 Å². The molecule has 1 aromatic carbocycles. The average Bonchev–Trinajstić information content (AvgIpc) is 3.19. The summed E-state index contributed by atoms with van der Waals surface area (Å²) in [7, 11) is 0. The van der Waals surface area contributed by atoms with Gasteiger partial charge in [-0.3, -0.25) is 4.79 Å². The molecule has 0 radical (unpaired) electrons. The fourth-order valence-electron chi connectivity index (χ4n) is 2.55. The minimum absolute atomic E-state index is 0.0322. The van der Waals surface area contributed by atoms with Gasteiger partial charge in [0.05, 0.1) is 6.33 Å². The Hall–Kier alpha value is -2.86. The smallest absolute Gasteiger partial charge is 0.408 e. The maximum absolute atomic E-state index is 14.2. The number of hydrogen-bond donors (Lipinski definition) is 2. The van der Waals surface area contributed by atoms with Crippen LogP contribution in [-0.2, 0) is 10.3 Å². The Morgan fingerprint density at radius 2 is 1.97 bits per heavy atom. The predicted octanol–water partition coefficient (Wildman–Crippen LogP) is 4.01. The molecule has 2 N–H and O–H groups in total. The van der Waals surface area contributed by atoms with Gasteiger partial charge in [-0.15, -0.1) is 10.2 Å². The lowest BCUT2D eigenvalue weighted by Crippen LogP contribution is -2.49. The average molecular weight is 526 g/mol. The Bertz CT molecular complexity index is 1180. The number of alkyl carbamates (subject to hydrolysis) is 1. The molecular weight excluding hydrogens is 505 g/mol. The molecule has 1 atom stereocenters. The minimum atomic E-state index is -1.23. The van der Waals surface area contributed by atoms with E-state index in [1.807, 2.05) is 0 Å². The van der Waals surface area contributed by atoms with Crippen molar-refractivity contribution < 1.29 is 18.7 Å². The first-order valence-corrected chi connectivity index (χ1v) is 11.1. The highest BCUT2D eigenvalue weighted by molar-refractivity contribution is 9.10. The van der Waals surface area contributed by atoms with Crippen LogP contribution in [0.15, 0.2) is 39.9 Å². The molecule has 2 heterocycles. The highest BCUT2D eigenvalue weighted by atomic mass is 79.9. The second kappa shape index (κ2) is 9.33. The van der Waals surface area contributed by atoms with E-state index in [9.17, 15) is 14.0 Å². The van der Waals surface area contributed by atoms with Crippen molar-refractivity contribution in [2.24, 2.45) is 0 Å². The largest absolute Gasteiger partial charge is 0.474 e. The number of ether oxygens (including phenoxy) is 2. The van der Waals surface area contributed by atoms with Crippen LogP contribution in [0.25, 0.3) is 10.6 Å². The molecule has 0 aliphatic rings. The molecule has 2 aromatic heterocycles. The summed E-state index contributed by atoms with van der Waals surface area (Å²) < 4.78 is 25.4. The van der Waals surface area contributed by atoms with Gasteiger partial charge in [0, 0.05) is 5.56 Å². The third-order valence-corrected chi connectivity index (χ3v) is 5.96. The van der Waals surface area contributed by atoms with Gasteiger partial charge in [-0.2, -0.15) is 0 Å². The first-order valence-electron chi connectivity index (χ1n) is 9.44. The standard InChI is InChI=1S/C20H21BrFN5O4S/c1-19(2,3)31-18(29)25-20(4,9-30-15-13(21)14(28)23-10-24-15)17-27-26-16(32-17)11-7-5-6-8-12(11)22/h5-8,10H,9H2,1-4H3,(H,25,29)(H,23,24,28)/t20-/m0/s1. The lowest BCUT2D eigenvalue weighted by atomic mass is 10.1. The molecule has 0 saturated carbocycles. The first kappa shape index (κ1) is 23.8. The van der Waals surface area contributed by atoms with Crippen molar-refractivity contribution in [3.8, 4) is 16.5 Å².